The van der Waals surface area contributed by atoms with Crippen molar-refractivity contribution in [2.45, 2.75) is 43.9 Å². The van der Waals surface area contributed by atoms with E-state index < -0.39 is 0 Å². The second-order valence-electron chi connectivity index (χ2n) is 4.53. The first-order valence-electron chi connectivity index (χ1n) is 5.73. The molecule has 1 unspecified atom stereocenters. The SMILES string of the molecule is c1cc(OC2C[C@H]3CC[C@@H](C2)N3)ccn1. The van der Waals surface area contributed by atoms with Crippen LogP contribution in [0, 0.1) is 0 Å². The summed E-state index contributed by atoms with van der Waals surface area (Å²) in [7, 11) is 0. The summed E-state index contributed by atoms with van der Waals surface area (Å²) in [6, 6.07) is 5.25. The number of fused-ring (bicyclic) bond motifs is 2. The van der Waals surface area contributed by atoms with Crippen molar-refractivity contribution in [3.63, 3.8) is 0 Å². The predicted molar refractivity (Wildman–Crippen MR) is 57.8 cm³/mol. The molecule has 0 aliphatic carbocycles. The molecule has 1 aromatic heterocycles. The van der Waals surface area contributed by atoms with Gasteiger partial charge in [0, 0.05) is 24.5 Å². The summed E-state index contributed by atoms with van der Waals surface area (Å²) >= 11 is 0. The van der Waals surface area contributed by atoms with Crippen LogP contribution in [0.5, 0.6) is 5.75 Å². The summed E-state index contributed by atoms with van der Waals surface area (Å²) in [6.45, 7) is 0. The fourth-order valence-electron chi connectivity index (χ4n) is 2.71. The molecule has 0 aromatic carbocycles. The van der Waals surface area contributed by atoms with Crippen LogP contribution in [0.1, 0.15) is 25.7 Å². The third-order valence-electron chi connectivity index (χ3n) is 3.38. The van der Waals surface area contributed by atoms with Crippen molar-refractivity contribution >= 4 is 0 Å². The van der Waals surface area contributed by atoms with Crippen molar-refractivity contribution in [1.82, 2.24) is 10.3 Å². The van der Waals surface area contributed by atoms with Gasteiger partial charge >= 0.3 is 0 Å². The lowest BCUT2D eigenvalue weighted by Crippen LogP contribution is -2.42. The van der Waals surface area contributed by atoms with Gasteiger partial charge in [0.25, 0.3) is 0 Å². The van der Waals surface area contributed by atoms with Gasteiger partial charge in [-0.3, -0.25) is 4.98 Å². The van der Waals surface area contributed by atoms with Crippen LogP contribution < -0.4 is 10.1 Å². The maximum absolute atomic E-state index is 5.96. The molecule has 2 saturated heterocycles. The second-order valence-corrected chi connectivity index (χ2v) is 4.53. The minimum absolute atomic E-state index is 0.395. The first kappa shape index (κ1) is 9.16. The Bertz CT molecular complexity index is 316. The molecule has 3 atom stereocenters. The van der Waals surface area contributed by atoms with E-state index in [2.05, 4.69) is 10.3 Å². The van der Waals surface area contributed by atoms with Crippen LogP contribution in [0.3, 0.4) is 0 Å². The zero-order valence-electron chi connectivity index (χ0n) is 8.73. The number of ether oxygens (including phenoxy) is 1. The molecule has 3 heterocycles. The number of nitrogens with zero attached hydrogens (tertiary/aromatic N) is 1. The third-order valence-corrected chi connectivity index (χ3v) is 3.38. The molecule has 2 fully saturated rings. The van der Waals surface area contributed by atoms with E-state index in [-0.39, 0.29) is 0 Å². The highest BCUT2D eigenvalue weighted by atomic mass is 16.5. The van der Waals surface area contributed by atoms with E-state index in [4.69, 9.17) is 4.74 Å². The molecule has 3 heteroatoms. The van der Waals surface area contributed by atoms with Crippen LogP contribution in [0.2, 0.25) is 0 Å². The molecule has 2 aliphatic heterocycles. The molecule has 0 radical (unpaired) electrons. The van der Waals surface area contributed by atoms with E-state index in [1.54, 1.807) is 12.4 Å². The van der Waals surface area contributed by atoms with Crippen molar-refractivity contribution < 1.29 is 4.74 Å². The van der Waals surface area contributed by atoms with Crippen LogP contribution in [0.4, 0.5) is 0 Å². The Hall–Kier alpha value is -1.09. The molecule has 1 N–H and O–H groups in total. The Morgan fingerprint density at radius 3 is 2.47 bits per heavy atom. The van der Waals surface area contributed by atoms with Gasteiger partial charge in [-0.1, -0.05) is 0 Å². The molecule has 2 bridgehead atoms. The van der Waals surface area contributed by atoms with Crippen molar-refractivity contribution in [2.24, 2.45) is 0 Å². The topological polar surface area (TPSA) is 34.1 Å². The van der Waals surface area contributed by atoms with Gasteiger partial charge in [-0.25, -0.2) is 0 Å². The molecule has 3 nitrogen and oxygen atoms in total. The summed E-state index contributed by atoms with van der Waals surface area (Å²) in [5, 5.41) is 3.61. The highest BCUT2D eigenvalue weighted by molar-refractivity contribution is 5.17. The van der Waals surface area contributed by atoms with Gasteiger partial charge in [-0.2, -0.15) is 0 Å². The average Bonchev–Trinajstić information content (AvgIpc) is 2.60. The van der Waals surface area contributed by atoms with Gasteiger partial charge in [0.05, 0.1) is 0 Å². The number of nitrogens with one attached hydrogen (secondary N) is 1. The molecule has 3 rings (SSSR count). The van der Waals surface area contributed by atoms with E-state index >= 15 is 0 Å². The minimum atomic E-state index is 0.395. The molecule has 80 valence electrons. The average molecular weight is 204 g/mol. The summed E-state index contributed by atoms with van der Waals surface area (Å²) in [5.74, 6) is 0.955. The van der Waals surface area contributed by atoms with E-state index in [0.717, 1.165) is 18.6 Å². The standard InChI is InChI=1S/C12H16N2O/c1-2-10-8-12(7-9(1)14-10)15-11-3-5-13-6-4-11/h3-6,9-10,12,14H,1-2,7-8H2/t9-,10+,12?. The van der Waals surface area contributed by atoms with Crippen LogP contribution in [0.25, 0.3) is 0 Å². The number of pyridine rings is 1. The summed E-state index contributed by atoms with van der Waals surface area (Å²) in [5.41, 5.74) is 0. The molecule has 0 amide bonds. The van der Waals surface area contributed by atoms with E-state index in [9.17, 15) is 0 Å². The fraction of sp³-hybridized carbons (Fsp3) is 0.583. The Kier molecular flexibility index (Phi) is 2.33. The second kappa shape index (κ2) is 3.81. The normalized spacial score (nSPS) is 34.0. The largest absolute Gasteiger partial charge is 0.490 e. The van der Waals surface area contributed by atoms with Gasteiger partial charge < -0.3 is 10.1 Å². The number of hydrogen-bond acceptors (Lipinski definition) is 3. The molecule has 15 heavy (non-hydrogen) atoms. The lowest BCUT2D eigenvalue weighted by molar-refractivity contribution is 0.137. The Labute approximate surface area is 89.9 Å². The molecular formula is C12H16N2O. The Morgan fingerprint density at radius 1 is 1.13 bits per heavy atom. The van der Waals surface area contributed by atoms with Crippen molar-refractivity contribution in [3.05, 3.63) is 24.5 Å². The van der Waals surface area contributed by atoms with Gasteiger partial charge in [-0.05, 0) is 37.8 Å². The number of rotatable bonds is 2. The molecule has 0 saturated carbocycles. The van der Waals surface area contributed by atoms with E-state index in [1.165, 1.54) is 12.8 Å². The van der Waals surface area contributed by atoms with Gasteiger partial charge in [0.1, 0.15) is 11.9 Å². The fourth-order valence-corrected chi connectivity index (χ4v) is 2.71. The minimum Gasteiger partial charge on any atom is -0.490 e. The highest BCUT2D eigenvalue weighted by Gasteiger charge is 2.34. The first-order chi connectivity index (χ1) is 7.40. The van der Waals surface area contributed by atoms with E-state index in [0.29, 0.717) is 18.2 Å². The monoisotopic (exact) mass is 204 g/mol. The third kappa shape index (κ3) is 1.97. The van der Waals surface area contributed by atoms with Crippen LogP contribution in [-0.4, -0.2) is 23.2 Å². The number of piperidine rings is 1. The van der Waals surface area contributed by atoms with Crippen molar-refractivity contribution in [1.29, 1.82) is 0 Å². The maximum atomic E-state index is 5.96. The van der Waals surface area contributed by atoms with Gasteiger partial charge in [-0.15, -0.1) is 0 Å². The lowest BCUT2D eigenvalue weighted by atomic mass is 10.0. The predicted octanol–water partition coefficient (Wildman–Crippen LogP) is 1.74. The molecular weight excluding hydrogens is 188 g/mol. The van der Waals surface area contributed by atoms with E-state index in [1.807, 2.05) is 12.1 Å². The molecule has 1 aromatic rings. The smallest absolute Gasteiger partial charge is 0.122 e. The summed E-state index contributed by atoms with van der Waals surface area (Å²) in [6.07, 6.45) is 8.90. The molecule has 0 spiro atoms. The maximum Gasteiger partial charge on any atom is 0.122 e. The quantitative estimate of drug-likeness (QED) is 0.796. The summed E-state index contributed by atoms with van der Waals surface area (Å²) < 4.78 is 5.96. The van der Waals surface area contributed by atoms with Crippen LogP contribution in [-0.2, 0) is 0 Å². The van der Waals surface area contributed by atoms with Crippen molar-refractivity contribution in [3.8, 4) is 5.75 Å². The molecule has 2 aliphatic rings. The zero-order chi connectivity index (χ0) is 10.1. The first-order valence-corrected chi connectivity index (χ1v) is 5.73. The van der Waals surface area contributed by atoms with Gasteiger partial charge in [0.15, 0.2) is 0 Å². The summed E-state index contributed by atoms with van der Waals surface area (Å²) in [4.78, 5) is 3.99. The van der Waals surface area contributed by atoms with Gasteiger partial charge in [0.2, 0.25) is 0 Å². The Morgan fingerprint density at radius 2 is 1.80 bits per heavy atom. The highest BCUT2D eigenvalue weighted by Crippen LogP contribution is 2.29. The van der Waals surface area contributed by atoms with Crippen LogP contribution >= 0.6 is 0 Å². The number of aromatic nitrogens is 1. The zero-order valence-corrected chi connectivity index (χ0v) is 8.73. The van der Waals surface area contributed by atoms with Crippen LogP contribution in [0.15, 0.2) is 24.5 Å². The lowest BCUT2D eigenvalue weighted by Gasteiger charge is -2.29. The van der Waals surface area contributed by atoms with Crippen molar-refractivity contribution in [2.75, 3.05) is 0 Å². The Balaban J connectivity index is 1.65. The number of hydrogen-bond donors (Lipinski definition) is 1.